The van der Waals surface area contributed by atoms with Crippen molar-refractivity contribution >= 4 is 0 Å². The molecule has 1 unspecified atom stereocenters. The summed E-state index contributed by atoms with van der Waals surface area (Å²) in [7, 11) is 0. The van der Waals surface area contributed by atoms with Crippen LogP contribution in [-0.2, 0) is 5.54 Å². The zero-order valence-electron chi connectivity index (χ0n) is 13.1. The molecule has 2 nitrogen and oxygen atoms in total. The average Bonchev–Trinajstić information content (AvgIpc) is 2.34. The molecule has 108 valence electrons. The summed E-state index contributed by atoms with van der Waals surface area (Å²) in [5, 5.41) is 3.56. The van der Waals surface area contributed by atoms with Gasteiger partial charge in [0, 0.05) is 6.54 Å². The lowest BCUT2D eigenvalue weighted by Gasteiger charge is -2.29. The third kappa shape index (κ3) is 4.96. The van der Waals surface area contributed by atoms with Crippen LogP contribution in [0.4, 0.5) is 0 Å². The van der Waals surface area contributed by atoms with Crippen molar-refractivity contribution in [3.8, 4) is 0 Å². The molecule has 0 aliphatic rings. The van der Waals surface area contributed by atoms with E-state index in [-0.39, 0.29) is 5.54 Å². The first kappa shape index (κ1) is 16.2. The number of benzene rings is 1. The van der Waals surface area contributed by atoms with Crippen molar-refractivity contribution < 1.29 is 0 Å². The Morgan fingerprint density at radius 1 is 1.05 bits per heavy atom. The summed E-state index contributed by atoms with van der Waals surface area (Å²) in [6.07, 6.45) is 0. The summed E-state index contributed by atoms with van der Waals surface area (Å²) in [5.74, 6) is 2.10. The maximum absolute atomic E-state index is 6.41. The Labute approximate surface area is 118 Å². The van der Waals surface area contributed by atoms with Crippen LogP contribution in [0.3, 0.4) is 0 Å². The van der Waals surface area contributed by atoms with Gasteiger partial charge in [-0.1, -0.05) is 58.0 Å². The van der Waals surface area contributed by atoms with Crippen LogP contribution in [-0.4, -0.2) is 13.1 Å². The van der Waals surface area contributed by atoms with E-state index in [1.54, 1.807) is 0 Å². The van der Waals surface area contributed by atoms with Crippen LogP contribution in [0.1, 0.15) is 40.2 Å². The first-order valence-electron chi connectivity index (χ1n) is 7.39. The Bertz CT molecular complexity index is 347. The van der Waals surface area contributed by atoms with Gasteiger partial charge in [-0.05, 0) is 36.8 Å². The minimum atomic E-state index is -0.306. The van der Waals surface area contributed by atoms with E-state index in [1.165, 1.54) is 5.56 Å². The molecule has 0 fully saturated rings. The second-order valence-corrected chi connectivity index (χ2v) is 6.57. The monoisotopic (exact) mass is 262 g/mol. The quantitative estimate of drug-likeness (QED) is 0.790. The van der Waals surface area contributed by atoms with Crippen LogP contribution in [0.25, 0.3) is 0 Å². The Balaban J connectivity index is 2.52. The number of rotatable bonds is 7. The second kappa shape index (κ2) is 7.06. The third-order valence-corrected chi connectivity index (χ3v) is 4.02. The van der Waals surface area contributed by atoms with Gasteiger partial charge < -0.3 is 11.1 Å². The summed E-state index contributed by atoms with van der Waals surface area (Å²) in [6, 6.07) is 10.3. The van der Waals surface area contributed by atoms with E-state index in [0.717, 1.165) is 13.1 Å². The van der Waals surface area contributed by atoms with Crippen molar-refractivity contribution in [2.75, 3.05) is 13.1 Å². The fourth-order valence-corrected chi connectivity index (χ4v) is 2.66. The topological polar surface area (TPSA) is 38.0 Å². The lowest BCUT2D eigenvalue weighted by Crippen LogP contribution is -2.45. The van der Waals surface area contributed by atoms with Crippen LogP contribution in [0.2, 0.25) is 0 Å². The van der Waals surface area contributed by atoms with Gasteiger partial charge in [-0.2, -0.15) is 0 Å². The van der Waals surface area contributed by atoms with Gasteiger partial charge in [0.25, 0.3) is 0 Å². The van der Waals surface area contributed by atoms with Crippen LogP contribution in [0.5, 0.6) is 0 Å². The molecule has 1 aromatic rings. The lowest BCUT2D eigenvalue weighted by molar-refractivity contribution is 0.267. The van der Waals surface area contributed by atoms with E-state index in [0.29, 0.717) is 17.8 Å². The molecule has 0 heterocycles. The number of hydrogen-bond acceptors (Lipinski definition) is 2. The molecule has 0 aliphatic carbocycles. The van der Waals surface area contributed by atoms with Gasteiger partial charge in [0.15, 0.2) is 0 Å². The number of nitrogens with one attached hydrogen (secondary N) is 1. The van der Waals surface area contributed by atoms with E-state index < -0.39 is 0 Å². The maximum atomic E-state index is 6.41. The predicted octanol–water partition coefficient (Wildman–Crippen LogP) is 3.38. The summed E-state index contributed by atoms with van der Waals surface area (Å²) < 4.78 is 0. The molecule has 0 spiro atoms. The summed E-state index contributed by atoms with van der Waals surface area (Å²) >= 11 is 0. The third-order valence-electron chi connectivity index (χ3n) is 4.02. The van der Waals surface area contributed by atoms with Gasteiger partial charge in [-0.15, -0.1) is 0 Å². The van der Waals surface area contributed by atoms with E-state index in [9.17, 15) is 0 Å². The van der Waals surface area contributed by atoms with Gasteiger partial charge in [-0.25, -0.2) is 0 Å². The molecule has 1 aromatic carbocycles. The molecule has 0 aromatic heterocycles. The zero-order valence-corrected chi connectivity index (χ0v) is 13.1. The van der Waals surface area contributed by atoms with E-state index >= 15 is 0 Å². The molecular formula is C17H30N2. The van der Waals surface area contributed by atoms with Crippen molar-refractivity contribution in [1.29, 1.82) is 0 Å². The van der Waals surface area contributed by atoms with Crippen molar-refractivity contribution in [3.63, 3.8) is 0 Å². The highest BCUT2D eigenvalue weighted by Gasteiger charge is 2.22. The lowest BCUT2D eigenvalue weighted by atomic mass is 9.85. The van der Waals surface area contributed by atoms with Gasteiger partial charge in [0.1, 0.15) is 0 Å². The molecule has 1 rings (SSSR count). The Morgan fingerprint density at radius 2 is 1.58 bits per heavy atom. The van der Waals surface area contributed by atoms with E-state index in [1.807, 2.05) is 18.2 Å². The van der Waals surface area contributed by atoms with Gasteiger partial charge in [0.2, 0.25) is 0 Å². The predicted molar refractivity (Wildman–Crippen MR) is 84.0 cm³/mol. The smallest absolute Gasteiger partial charge is 0.0507 e. The van der Waals surface area contributed by atoms with Crippen molar-refractivity contribution in [2.24, 2.45) is 23.5 Å². The maximum Gasteiger partial charge on any atom is 0.0507 e. The van der Waals surface area contributed by atoms with Crippen molar-refractivity contribution in [2.45, 2.75) is 40.2 Å². The molecule has 3 N–H and O–H groups in total. The molecule has 19 heavy (non-hydrogen) atoms. The Hall–Kier alpha value is -0.860. The summed E-state index contributed by atoms with van der Waals surface area (Å²) in [5.41, 5.74) is 7.30. The SMILES string of the molecule is CC(C)C(CNCC(C)(N)c1ccccc1)C(C)C. The molecule has 0 aliphatic heterocycles. The number of nitrogens with two attached hydrogens (primary N) is 1. The molecule has 0 radical (unpaired) electrons. The summed E-state index contributed by atoms with van der Waals surface area (Å²) in [4.78, 5) is 0. The first-order chi connectivity index (χ1) is 8.84. The normalized spacial score (nSPS) is 15.2. The second-order valence-electron chi connectivity index (χ2n) is 6.57. The highest BCUT2D eigenvalue weighted by molar-refractivity contribution is 5.23. The highest BCUT2D eigenvalue weighted by Crippen LogP contribution is 2.20. The average molecular weight is 262 g/mol. The van der Waals surface area contributed by atoms with E-state index in [4.69, 9.17) is 5.73 Å². The van der Waals surface area contributed by atoms with Gasteiger partial charge >= 0.3 is 0 Å². The highest BCUT2D eigenvalue weighted by atomic mass is 14.9. The fourth-order valence-electron chi connectivity index (χ4n) is 2.66. The number of hydrogen-bond donors (Lipinski definition) is 2. The fraction of sp³-hybridized carbons (Fsp3) is 0.647. The van der Waals surface area contributed by atoms with Crippen molar-refractivity contribution in [1.82, 2.24) is 5.32 Å². The molecule has 2 heteroatoms. The summed E-state index contributed by atoms with van der Waals surface area (Å²) in [6.45, 7) is 13.1. The minimum Gasteiger partial charge on any atom is -0.321 e. The Morgan fingerprint density at radius 3 is 2.05 bits per heavy atom. The molecule has 0 saturated carbocycles. The van der Waals surface area contributed by atoms with Crippen molar-refractivity contribution in [3.05, 3.63) is 35.9 Å². The standard InChI is InChI=1S/C17H30N2/c1-13(2)16(14(3)4)11-19-12-17(5,18)15-9-7-6-8-10-15/h6-10,13-14,16,19H,11-12,18H2,1-5H3. The van der Waals surface area contributed by atoms with Crippen LogP contribution < -0.4 is 11.1 Å². The van der Waals surface area contributed by atoms with Crippen LogP contribution in [0, 0.1) is 17.8 Å². The van der Waals surface area contributed by atoms with Crippen LogP contribution in [0.15, 0.2) is 30.3 Å². The zero-order chi connectivity index (χ0) is 14.5. The molecule has 0 bridgehead atoms. The van der Waals surface area contributed by atoms with Crippen LogP contribution >= 0.6 is 0 Å². The minimum absolute atomic E-state index is 0.306. The molecule has 0 amide bonds. The largest absolute Gasteiger partial charge is 0.321 e. The molecule has 1 atom stereocenters. The van der Waals surface area contributed by atoms with Gasteiger partial charge in [0.05, 0.1) is 5.54 Å². The van der Waals surface area contributed by atoms with E-state index in [2.05, 4.69) is 52.1 Å². The van der Waals surface area contributed by atoms with Gasteiger partial charge in [-0.3, -0.25) is 0 Å². The Kier molecular flexibility index (Phi) is 6.02. The first-order valence-corrected chi connectivity index (χ1v) is 7.39. The molecule has 0 saturated heterocycles. The molecular weight excluding hydrogens is 232 g/mol.